The predicted molar refractivity (Wildman–Crippen MR) is 270 cm³/mol. The van der Waals surface area contributed by atoms with Crippen molar-refractivity contribution in [3.8, 4) is 44.5 Å². The third-order valence-corrected chi connectivity index (χ3v) is 15.1. The van der Waals surface area contributed by atoms with Gasteiger partial charge in [0.1, 0.15) is 0 Å². The Morgan fingerprint density at radius 3 is 0.984 bits per heavy atom. The summed E-state index contributed by atoms with van der Waals surface area (Å²) in [5.74, 6) is 0.355. The molecule has 0 saturated heterocycles. The lowest BCUT2D eigenvalue weighted by molar-refractivity contribution is 0.791. The highest BCUT2D eigenvalue weighted by Gasteiger charge is 2.43. The number of fused-ring (bicyclic) bond motifs is 10. The molecule has 0 aromatic heterocycles. The molecule has 0 saturated carbocycles. The van der Waals surface area contributed by atoms with Crippen molar-refractivity contribution in [2.45, 2.75) is 11.8 Å². The van der Waals surface area contributed by atoms with Gasteiger partial charge in [-0.25, -0.2) is 0 Å². The number of rotatable bonds is 4. The Morgan fingerprint density at radius 1 is 0.219 bits per heavy atom. The molecule has 2 unspecified atom stereocenters. The zero-order valence-electron chi connectivity index (χ0n) is 34.9. The highest BCUT2D eigenvalue weighted by atomic mass is 14.4. The summed E-state index contributed by atoms with van der Waals surface area (Å²) >= 11 is 0. The van der Waals surface area contributed by atoms with Crippen LogP contribution in [0.1, 0.15) is 34.1 Å². The van der Waals surface area contributed by atoms with Crippen molar-refractivity contribution in [3.05, 3.63) is 251 Å². The molecular formula is C64H38. The minimum atomic E-state index is 0.177. The summed E-state index contributed by atoms with van der Waals surface area (Å²) in [4.78, 5) is 0. The summed E-state index contributed by atoms with van der Waals surface area (Å²) in [6.45, 7) is 0. The molecule has 0 aliphatic heterocycles. The van der Waals surface area contributed by atoms with E-state index in [0.29, 0.717) is 0 Å². The van der Waals surface area contributed by atoms with Crippen LogP contribution in [0, 0.1) is 0 Å². The van der Waals surface area contributed by atoms with Crippen LogP contribution in [0.3, 0.4) is 0 Å². The summed E-state index contributed by atoms with van der Waals surface area (Å²) in [6.07, 6.45) is 0. The molecular weight excluding hydrogens is 769 g/mol. The van der Waals surface area contributed by atoms with E-state index in [4.69, 9.17) is 0 Å². The molecule has 0 bridgehead atoms. The first-order chi connectivity index (χ1) is 31.8. The summed E-state index contributed by atoms with van der Waals surface area (Å²) in [6, 6.07) is 82.6. The van der Waals surface area contributed by atoms with Crippen LogP contribution in [0.5, 0.6) is 0 Å². The van der Waals surface area contributed by atoms with Gasteiger partial charge in [0.15, 0.2) is 0 Å². The Labute approximate surface area is 370 Å². The van der Waals surface area contributed by atoms with Crippen LogP contribution < -0.4 is 10.4 Å². The fourth-order valence-electron chi connectivity index (χ4n) is 12.9. The van der Waals surface area contributed by atoms with E-state index in [-0.39, 0.29) is 11.8 Å². The van der Waals surface area contributed by atoms with Crippen LogP contribution in [0.4, 0.5) is 0 Å². The number of hydrogen-bond donors (Lipinski definition) is 0. The Morgan fingerprint density at radius 2 is 0.562 bits per heavy atom. The molecule has 12 aromatic rings. The summed E-state index contributed by atoms with van der Waals surface area (Å²) in [7, 11) is 0. The van der Waals surface area contributed by atoms with E-state index >= 15 is 0 Å². The van der Waals surface area contributed by atoms with Gasteiger partial charge < -0.3 is 0 Å². The monoisotopic (exact) mass is 806 g/mol. The molecule has 12 aromatic carbocycles. The minimum absolute atomic E-state index is 0.177. The van der Waals surface area contributed by atoms with Gasteiger partial charge in [-0.1, -0.05) is 218 Å². The largest absolute Gasteiger partial charge is 0.0622 e. The molecule has 0 N–H and O–H groups in total. The second-order valence-corrected chi connectivity index (χ2v) is 18.1. The van der Waals surface area contributed by atoms with Gasteiger partial charge in [-0.3, -0.25) is 0 Å². The first kappa shape index (κ1) is 34.5. The minimum Gasteiger partial charge on any atom is -0.0622 e. The maximum atomic E-state index is 2.51. The van der Waals surface area contributed by atoms with E-state index in [9.17, 15) is 0 Å². The quantitative estimate of drug-likeness (QED) is 0.123. The SMILES string of the molecule is c1ccc(C2=c3ccccc3=C(c3ccccc3)C3c4ccc5c6ccc7c8c(ccc(c9ccc(c4c95)C23)c86)-c2c-7c(-c3ccccc3)c3ccccc3c2-c2ccccc2)cc1. The zero-order chi connectivity index (χ0) is 41.6. The van der Waals surface area contributed by atoms with Gasteiger partial charge in [0.05, 0.1) is 0 Å². The molecule has 0 radical (unpaired) electrons. The Hall–Kier alpha value is -8.06. The average molecular weight is 807 g/mol. The Bertz CT molecular complexity index is 3830. The van der Waals surface area contributed by atoms with Crippen LogP contribution in [-0.4, -0.2) is 0 Å². The first-order valence-electron chi connectivity index (χ1n) is 22.7. The van der Waals surface area contributed by atoms with Crippen molar-refractivity contribution in [1.29, 1.82) is 0 Å². The normalized spacial score (nSPS) is 15.8. The lowest BCUT2D eigenvalue weighted by Gasteiger charge is -2.32. The first-order valence-corrected chi connectivity index (χ1v) is 22.7. The Kier molecular flexibility index (Phi) is 6.88. The van der Waals surface area contributed by atoms with Gasteiger partial charge in [0, 0.05) is 11.8 Å². The smallest absolute Gasteiger partial charge is 0.0218 e. The predicted octanol–water partition coefficient (Wildman–Crippen LogP) is 15.2. The van der Waals surface area contributed by atoms with Crippen LogP contribution >= 0.6 is 0 Å². The average Bonchev–Trinajstić information content (AvgIpc) is 3.88. The third-order valence-electron chi connectivity index (χ3n) is 15.1. The summed E-state index contributed by atoms with van der Waals surface area (Å²) < 4.78 is 0. The van der Waals surface area contributed by atoms with E-state index in [1.165, 1.54) is 142 Å². The number of benzene rings is 12. The van der Waals surface area contributed by atoms with Crippen molar-refractivity contribution in [2.24, 2.45) is 0 Å². The molecule has 0 fully saturated rings. The third kappa shape index (κ3) is 4.37. The van der Waals surface area contributed by atoms with Gasteiger partial charge in [-0.15, -0.1) is 0 Å². The van der Waals surface area contributed by atoms with E-state index in [1.54, 1.807) is 0 Å². The van der Waals surface area contributed by atoms with E-state index in [2.05, 4.69) is 218 Å². The molecule has 3 aliphatic rings. The molecule has 0 heterocycles. The van der Waals surface area contributed by atoms with Crippen molar-refractivity contribution in [3.63, 3.8) is 0 Å². The maximum Gasteiger partial charge on any atom is 0.0218 e. The lowest BCUT2D eigenvalue weighted by Crippen LogP contribution is -2.38. The number of hydrogen-bond acceptors (Lipinski definition) is 0. The Balaban J connectivity index is 1.06. The van der Waals surface area contributed by atoms with Crippen LogP contribution in [0.15, 0.2) is 218 Å². The fourth-order valence-corrected chi connectivity index (χ4v) is 12.9. The summed E-state index contributed by atoms with van der Waals surface area (Å²) in [5, 5.41) is 16.2. The second-order valence-electron chi connectivity index (χ2n) is 18.1. The van der Waals surface area contributed by atoms with Gasteiger partial charge in [0.2, 0.25) is 0 Å². The van der Waals surface area contributed by atoms with Gasteiger partial charge in [-0.2, -0.15) is 0 Å². The van der Waals surface area contributed by atoms with Gasteiger partial charge in [-0.05, 0) is 142 Å². The fraction of sp³-hybridized carbons (Fsp3) is 0.0312. The molecule has 294 valence electrons. The summed E-state index contributed by atoms with van der Waals surface area (Å²) in [5.41, 5.74) is 18.9. The zero-order valence-corrected chi connectivity index (χ0v) is 34.9. The van der Waals surface area contributed by atoms with Gasteiger partial charge >= 0.3 is 0 Å². The molecule has 15 rings (SSSR count). The van der Waals surface area contributed by atoms with Crippen molar-refractivity contribution >= 4 is 65.0 Å². The van der Waals surface area contributed by atoms with Crippen molar-refractivity contribution < 1.29 is 0 Å². The van der Waals surface area contributed by atoms with Crippen LogP contribution in [0.25, 0.3) is 110 Å². The second kappa shape index (κ2) is 12.8. The standard InChI is InChI=1S/C64H38/c1-5-17-37(18-6-1)53-41-25-13-14-26-42(41)54(38-19-7-2-8-20-38)62-50-34-30-46-48-32-36-52-60-51(35-31-47(58(48)60)45-29-33-49(61(53)62)59(50)57(45)46)63-55(39-21-9-3-10-22-39)43-27-15-16-28-44(43)56(64(52)63)40-23-11-4-12-24-40/h1-36,61-62H. The molecule has 0 spiro atoms. The lowest BCUT2D eigenvalue weighted by atomic mass is 9.70. The van der Waals surface area contributed by atoms with Crippen molar-refractivity contribution in [2.75, 3.05) is 0 Å². The highest BCUT2D eigenvalue weighted by Crippen LogP contribution is 2.62. The molecule has 3 aliphatic carbocycles. The molecule has 0 amide bonds. The van der Waals surface area contributed by atoms with Crippen LogP contribution in [-0.2, 0) is 0 Å². The molecule has 2 atom stereocenters. The molecule has 0 nitrogen and oxygen atoms in total. The maximum absolute atomic E-state index is 2.51. The van der Waals surface area contributed by atoms with Crippen molar-refractivity contribution in [1.82, 2.24) is 0 Å². The van der Waals surface area contributed by atoms with E-state index in [1.807, 2.05) is 0 Å². The van der Waals surface area contributed by atoms with Crippen LogP contribution in [0.2, 0.25) is 0 Å². The molecule has 64 heavy (non-hydrogen) atoms. The highest BCUT2D eigenvalue weighted by molar-refractivity contribution is 6.39. The topological polar surface area (TPSA) is 0 Å². The van der Waals surface area contributed by atoms with E-state index in [0.717, 1.165) is 0 Å². The van der Waals surface area contributed by atoms with Gasteiger partial charge in [0.25, 0.3) is 0 Å². The van der Waals surface area contributed by atoms with E-state index < -0.39 is 0 Å². The molecule has 0 heteroatoms.